The maximum Gasteiger partial charge on any atom is 0.319 e. The Kier molecular flexibility index (Phi) is 5.65. The molecule has 7 heteroatoms. The molecular weight excluding hydrogens is 338 g/mol. The Morgan fingerprint density at radius 2 is 2.04 bits per heavy atom. The van der Waals surface area contributed by atoms with E-state index in [2.05, 4.69) is 10.6 Å². The van der Waals surface area contributed by atoms with Crippen molar-refractivity contribution in [1.29, 1.82) is 0 Å². The van der Waals surface area contributed by atoms with Crippen LogP contribution in [0.5, 0.6) is 0 Å². The zero-order chi connectivity index (χ0) is 17.6. The number of carbonyl (C=O) groups is 2. The smallest absolute Gasteiger partial charge is 0.319 e. The number of furan rings is 1. The molecule has 3 rings (SSSR count). The van der Waals surface area contributed by atoms with Crippen molar-refractivity contribution in [3.05, 3.63) is 48.4 Å². The number of nitrogens with zero attached hydrogens (tertiary/aromatic N) is 1. The molecule has 1 fully saturated rings. The van der Waals surface area contributed by atoms with Gasteiger partial charge in [-0.25, -0.2) is 4.79 Å². The van der Waals surface area contributed by atoms with Crippen LogP contribution in [0.2, 0.25) is 0 Å². The highest BCUT2D eigenvalue weighted by Crippen LogP contribution is 2.19. The SMILES string of the molecule is CSc1cccc(NC(=O)NC2CCN(C(=O)c3ccoc3)CC2)c1. The number of amides is 3. The largest absolute Gasteiger partial charge is 0.472 e. The Labute approximate surface area is 151 Å². The number of thioether (sulfide) groups is 1. The van der Waals surface area contributed by atoms with Crippen LogP contribution < -0.4 is 10.6 Å². The minimum absolute atomic E-state index is 0.0227. The summed E-state index contributed by atoms with van der Waals surface area (Å²) in [4.78, 5) is 27.3. The fourth-order valence-electron chi connectivity index (χ4n) is 2.85. The lowest BCUT2D eigenvalue weighted by molar-refractivity contribution is 0.0708. The highest BCUT2D eigenvalue weighted by Gasteiger charge is 2.25. The van der Waals surface area contributed by atoms with Crippen LogP contribution in [0.1, 0.15) is 23.2 Å². The molecule has 0 atom stereocenters. The molecule has 132 valence electrons. The molecule has 0 spiro atoms. The number of rotatable bonds is 4. The summed E-state index contributed by atoms with van der Waals surface area (Å²) in [5, 5.41) is 5.85. The molecule has 6 nitrogen and oxygen atoms in total. The maximum atomic E-state index is 12.3. The zero-order valence-corrected chi connectivity index (χ0v) is 14.8. The summed E-state index contributed by atoms with van der Waals surface area (Å²) >= 11 is 1.63. The van der Waals surface area contributed by atoms with Crippen LogP contribution in [0.3, 0.4) is 0 Å². The second kappa shape index (κ2) is 8.11. The van der Waals surface area contributed by atoms with Gasteiger partial charge in [0.05, 0.1) is 11.8 Å². The first-order chi connectivity index (χ1) is 12.2. The van der Waals surface area contributed by atoms with Gasteiger partial charge in [0.25, 0.3) is 5.91 Å². The lowest BCUT2D eigenvalue weighted by atomic mass is 10.0. The van der Waals surface area contributed by atoms with Gasteiger partial charge in [0, 0.05) is 29.7 Å². The minimum atomic E-state index is -0.210. The van der Waals surface area contributed by atoms with Gasteiger partial charge >= 0.3 is 6.03 Å². The fourth-order valence-corrected chi connectivity index (χ4v) is 3.31. The molecule has 0 unspecified atom stereocenters. The summed E-state index contributed by atoms with van der Waals surface area (Å²) < 4.78 is 4.96. The predicted molar refractivity (Wildman–Crippen MR) is 98.0 cm³/mol. The van der Waals surface area contributed by atoms with E-state index in [1.807, 2.05) is 30.5 Å². The van der Waals surface area contributed by atoms with E-state index in [9.17, 15) is 9.59 Å². The molecule has 1 aliphatic rings. The van der Waals surface area contributed by atoms with E-state index < -0.39 is 0 Å². The Bertz CT molecular complexity index is 725. The molecule has 2 aromatic rings. The van der Waals surface area contributed by atoms with Gasteiger partial charge in [0.15, 0.2) is 0 Å². The molecule has 2 heterocycles. The van der Waals surface area contributed by atoms with Gasteiger partial charge in [-0.05, 0) is 43.4 Å². The van der Waals surface area contributed by atoms with Crippen LogP contribution in [-0.2, 0) is 0 Å². The van der Waals surface area contributed by atoms with Gasteiger partial charge < -0.3 is 20.0 Å². The maximum absolute atomic E-state index is 12.3. The topological polar surface area (TPSA) is 74.6 Å². The second-order valence-electron chi connectivity index (χ2n) is 5.91. The van der Waals surface area contributed by atoms with E-state index in [1.165, 1.54) is 12.5 Å². The van der Waals surface area contributed by atoms with Crippen molar-refractivity contribution >= 4 is 29.4 Å². The second-order valence-corrected chi connectivity index (χ2v) is 6.79. The van der Waals surface area contributed by atoms with Gasteiger partial charge in [0.1, 0.15) is 6.26 Å². The third-order valence-electron chi connectivity index (χ3n) is 4.21. The van der Waals surface area contributed by atoms with Gasteiger partial charge in [-0.15, -0.1) is 11.8 Å². The molecule has 25 heavy (non-hydrogen) atoms. The molecule has 1 aromatic heterocycles. The summed E-state index contributed by atoms with van der Waals surface area (Å²) in [6.45, 7) is 1.24. The first-order valence-corrected chi connectivity index (χ1v) is 9.41. The third-order valence-corrected chi connectivity index (χ3v) is 4.94. The summed E-state index contributed by atoms with van der Waals surface area (Å²) in [5.41, 5.74) is 1.34. The Balaban J connectivity index is 1.47. The Hall–Kier alpha value is -2.41. The molecular formula is C18H21N3O3S. The van der Waals surface area contributed by atoms with E-state index in [0.717, 1.165) is 23.4 Å². The van der Waals surface area contributed by atoms with E-state index in [-0.39, 0.29) is 18.0 Å². The summed E-state index contributed by atoms with van der Waals surface area (Å²) in [6, 6.07) is 9.25. The zero-order valence-electron chi connectivity index (χ0n) is 14.0. The highest BCUT2D eigenvalue weighted by molar-refractivity contribution is 7.98. The summed E-state index contributed by atoms with van der Waals surface area (Å²) in [6.07, 6.45) is 6.43. The Morgan fingerprint density at radius 1 is 1.24 bits per heavy atom. The Morgan fingerprint density at radius 3 is 2.72 bits per heavy atom. The lowest BCUT2D eigenvalue weighted by Gasteiger charge is -2.32. The number of benzene rings is 1. The van der Waals surface area contributed by atoms with Crippen LogP contribution in [0.4, 0.5) is 10.5 Å². The fraction of sp³-hybridized carbons (Fsp3) is 0.333. The van der Waals surface area contributed by atoms with Crippen molar-refractivity contribution in [3.63, 3.8) is 0 Å². The highest BCUT2D eigenvalue weighted by atomic mass is 32.2. The molecule has 0 saturated carbocycles. The summed E-state index contributed by atoms with van der Waals surface area (Å²) in [5.74, 6) is -0.0227. The molecule has 1 aromatic carbocycles. The van der Waals surface area contributed by atoms with Crippen LogP contribution >= 0.6 is 11.8 Å². The number of nitrogens with one attached hydrogen (secondary N) is 2. The average molecular weight is 359 g/mol. The minimum Gasteiger partial charge on any atom is -0.472 e. The normalized spacial score (nSPS) is 15.0. The standard InChI is InChI=1S/C18H21N3O3S/c1-25-16-4-2-3-15(11-16)20-18(23)19-14-5-8-21(9-6-14)17(22)13-7-10-24-12-13/h2-4,7,10-12,14H,5-6,8-9H2,1H3,(H2,19,20,23). The molecule has 1 aliphatic heterocycles. The number of likely N-dealkylation sites (tertiary alicyclic amines) is 1. The van der Waals surface area contributed by atoms with Crippen LogP contribution in [0.25, 0.3) is 0 Å². The third kappa shape index (κ3) is 4.57. The van der Waals surface area contributed by atoms with Crippen molar-refractivity contribution in [1.82, 2.24) is 10.2 Å². The van der Waals surface area contributed by atoms with Gasteiger partial charge in [-0.1, -0.05) is 6.07 Å². The number of hydrogen-bond acceptors (Lipinski definition) is 4. The molecule has 0 bridgehead atoms. The van der Waals surface area contributed by atoms with Gasteiger partial charge in [0.2, 0.25) is 0 Å². The van der Waals surface area contributed by atoms with Gasteiger partial charge in [-0.2, -0.15) is 0 Å². The number of urea groups is 1. The quantitative estimate of drug-likeness (QED) is 0.820. The van der Waals surface area contributed by atoms with Crippen LogP contribution in [0.15, 0.2) is 52.2 Å². The molecule has 1 saturated heterocycles. The average Bonchev–Trinajstić information content (AvgIpc) is 3.16. The van der Waals surface area contributed by atoms with Crippen LogP contribution in [-0.4, -0.2) is 42.2 Å². The summed E-state index contributed by atoms with van der Waals surface area (Å²) in [7, 11) is 0. The number of carbonyl (C=O) groups excluding carboxylic acids is 2. The molecule has 3 amide bonds. The van der Waals surface area contributed by atoms with Crippen molar-refractivity contribution in [3.8, 4) is 0 Å². The lowest BCUT2D eigenvalue weighted by Crippen LogP contribution is -2.47. The molecule has 2 N–H and O–H groups in total. The molecule has 0 radical (unpaired) electrons. The van der Waals surface area contributed by atoms with E-state index >= 15 is 0 Å². The molecule has 0 aliphatic carbocycles. The van der Waals surface area contributed by atoms with E-state index in [4.69, 9.17) is 4.42 Å². The van der Waals surface area contributed by atoms with Crippen molar-refractivity contribution in [2.75, 3.05) is 24.7 Å². The van der Waals surface area contributed by atoms with Crippen molar-refractivity contribution in [2.24, 2.45) is 0 Å². The monoisotopic (exact) mass is 359 g/mol. The predicted octanol–water partition coefficient (Wildman–Crippen LogP) is 3.43. The van der Waals surface area contributed by atoms with E-state index in [0.29, 0.717) is 18.7 Å². The van der Waals surface area contributed by atoms with E-state index in [1.54, 1.807) is 22.7 Å². The number of hydrogen-bond donors (Lipinski definition) is 2. The van der Waals surface area contributed by atoms with Crippen molar-refractivity contribution in [2.45, 2.75) is 23.8 Å². The first-order valence-electron chi connectivity index (χ1n) is 8.19. The van der Waals surface area contributed by atoms with Crippen LogP contribution in [0, 0.1) is 0 Å². The first kappa shape index (κ1) is 17.4. The number of piperidine rings is 1. The van der Waals surface area contributed by atoms with Crippen molar-refractivity contribution < 1.29 is 14.0 Å². The number of anilines is 1. The van der Waals surface area contributed by atoms with Gasteiger partial charge in [-0.3, -0.25) is 4.79 Å².